The Morgan fingerprint density at radius 2 is 2.00 bits per heavy atom. The Bertz CT molecular complexity index is 607. The molecule has 5 nitrogen and oxygen atoms in total. The second-order valence-corrected chi connectivity index (χ2v) is 5.59. The van der Waals surface area contributed by atoms with Gasteiger partial charge in [0, 0.05) is 24.0 Å². The van der Waals surface area contributed by atoms with Crippen molar-refractivity contribution in [1.29, 1.82) is 0 Å². The number of carboxylic acids is 1. The summed E-state index contributed by atoms with van der Waals surface area (Å²) in [6, 6.07) is 7.46. The summed E-state index contributed by atoms with van der Waals surface area (Å²) in [5, 5.41) is 9.93. The number of ether oxygens (including phenoxy) is 2. The number of aliphatic carboxylic acids is 1. The summed E-state index contributed by atoms with van der Waals surface area (Å²) >= 11 is 1.43. The van der Waals surface area contributed by atoms with E-state index < -0.39 is 5.97 Å². The standard InChI is InChI=1S/C15H17NO4S/c1-19-8-7-13-16-15(12(21-13)9-14(17)18)10-3-5-11(20-2)6-4-10/h3-6H,7-9H2,1-2H3,(H,17,18). The molecule has 112 valence electrons. The third-order valence-corrected chi connectivity index (χ3v) is 4.05. The molecule has 2 rings (SSSR count). The molecule has 0 radical (unpaired) electrons. The molecule has 0 saturated carbocycles. The lowest BCUT2D eigenvalue weighted by Crippen LogP contribution is -1.99. The van der Waals surface area contributed by atoms with Crippen molar-refractivity contribution in [3.63, 3.8) is 0 Å². The molecule has 0 aliphatic heterocycles. The summed E-state index contributed by atoms with van der Waals surface area (Å²) in [5.41, 5.74) is 1.63. The van der Waals surface area contributed by atoms with Crippen molar-refractivity contribution in [2.24, 2.45) is 0 Å². The molecule has 0 aliphatic carbocycles. The van der Waals surface area contributed by atoms with E-state index in [1.165, 1.54) is 11.3 Å². The van der Waals surface area contributed by atoms with Crippen molar-refractivity contribution in [2.45, 2.75) is 12.8 Å². The fraction of sp³-hybridized carbons (Fsp3) is 0.333. The Kier molecular flexibility index (Phi) is 5.30. The van der Waals surface area contributed by atoms with Crippen LogP contribution in [0, 0.1) is 0 Å². The number of methoxy groups -OCH3 is 2. The van der Waals surface area contributed by atoms with Crippen molar-refractivity contribution < 1.29 is 19.4 Å². The van der Waals surface area contributed by atoms with E-state index in [2.05, 4.69) is 4.98 Å². The first-order chi connectivity index (χ1) is 10.1. The van der Waals surface area contributed by atoms with Crippen LogP contribution in [-0.2, 0) is 22.4 Å². The lowest BCUT2D eigenvalue weighted by atomic mass is 10.1. The molecule has 0 fully saturated rings. The molecule has 0 saturated heterocycles. The molecule has 1 aromatic heterocycles. The zero-order chi connectivity index (χ0) is 15.2. The Balaban J connectivity index is 2.33. The van der Waals surface area contributed by atoms with Gasteiger partial charge in [-0.25, -0.2) is 4.98 Å². The summed E-state index contributed by atoms with van der Waals surface area (Å²) in [5.74, 6) is -0.0972. The van der Waals surface area contributed by atoms with Crippen molar-refractivity contribution in [3.8, 4) is 17.0 Å². The third-order valence-electron chi connectivity index (χ3n) is 2.94. The zero-order valence-electron chi connectivity index (χ0n) is 12.0. The van der Waals surface area contributed by atoms with Gasteiger partial charge in [-0.3, -0.25) is 4.79 Å². The average Bonchev–Trinajstić information content (AvgIpc) is 2.87. The van der Waals surface area contributed by atoms with Crippen LogP contribution in [0.4, 0.5) is 0 Å². The molecule has 0 bridgehead atoms. The van der Waals surface area contributed by atoms with Gasteiger partial charge in [0.05, 0.1) is 30.8 Å². The minimum absolute atomic E-state index is 0.0218. The molecule has 1 N–H and O–H groups in total. The quantitative estimate of drug-likeness (QED) is 0.851. The van der Waals surface area contributed by atoms with E-state index in [9.17, 15) is 4.79 Å². The number of aromatic nitrogens is 1. The number of rotatable bonds is 7. The SMILES string of the molecule is COCCc1nc(-c2ccc(OC)cc2)c(CC(=O)O)s1. The van der Waals surface area contributed by atoms with Gasteiger partial charge in [0.2, 0.25) is 0 Å². The molecular weight excluding hydrogens is 290 g/mol. The van der Waals surface area contributed by atoms with Crippen LogP contribution in [0.15, 0.2) is 24.3 Å². The largest absolute Gasteiger partial charge is 0.497 e. The highest BCUT2D eigenvalue weighted by Gasteiger charge is 2.15. The van der Waals surface area contributed by atoms with Gasteiger partial charge in [-0.2, -0.15) is 0 Å². The van der Waals surface area contributed by atoms with Crippen LogP contribution in [0.3, 0.4) is 0 Å². The topological polar surface area (TPSA) is 68.7 Å². The maximum atomic E-state index is 11.0. The fourth-order valence-electron chi connectivity index (χ4n) is 1.93. The van der Waals surface area contributed by atoms with Crippen LogP contribution in [0.25, 0.3) is 11.3 Å². The summed E-state index contributed by atoms with van der Waals surface area (Å²) in [7, 11) is 3.24. The lowest BCUT2D eigenvalue weighted by Gasteiger charge is -2.03. The van der Waals surface area contributed by atoms with Crippen LogP contribution in [0.2, 0.25) is 0 Å². The van der Waals surface area contributed by atoms with E-state index in [0.717, 1.165) is 26.9 Å². The highest BCUT2D eigenvalue weighted by Crippen LogP contribution is 2.30. The van der Waals surface area contributed by atoms with E-state index in [1.807, 2.05) is 24.3 Å². The predicted molar refractivity (Wildman–Crippen MR) is 81.0 cm³/mol. The van der Waals surface area contributed by atoms with Gasteiger partial charge in [-0.1, -0.05) is 0 Å². The third kappa shape index (κ3) is 4.03. The zero-order valence-corrected chi connectivity index (χ0v) is 12.8. The lowest BCUT2D eigenvalue weighted by molar-refractivity contribution is -0.136. The number of carboxylic acid groups (broad SMARTS) is 1. The summed E-state index contributed by atoms with van der Waals surface area (Å²) < 4.78 is 10.2. The Hall–Kier alpha value is -1.92. The van der Waals surface area contributed by atoms with Crippen molar-refractivity contribution in [2.75, 3.05) is 20.8 Å². The molecule has 0 aliphatic rings. The molecule has 0 atom stereocenters. The first-order valence-corrected chi connectivity index (χ1v) is 7.29. The van der Waals surface area contributed by atoms with Gasteiger partial charge in [0.25, 0.3) is 0 Å². The average molecular weight is 307 g/mol. The monoisotopic (exact) mass is 307 g/mol. The number of nitrogens with zero attached hydrogens (tertiary/aromatic N) is 1. The second-order valence-electron chi connectivity index (χ2n) is 4.42. The fourth-order valence-corrected chi connectivity index (χ4v) is 2.99. The van der Waals surface area contributed by atoms with E-state index in [-0.39, 0.29) is 6.42 Å². The van der Waals surface area contributed by atoms with E-state index in [0.29, 0.717) is 13.0 Å². The second kappa shape index (κ2) is 7.19. The van der Waals surface area contributed by atoms with E-state index >= 15 is 0 Å². The molecule has 21 heavy (non-hydrogen) atoms. The summed E-state index contributed by atoms with van der Waals surface area (Å²) in [6.07, 6.45) is 0.663. The smallest absolute Gasteiger partial charge is 0.308 e. The highest BCUT2D eigenvalue weighted by molar-refractivity contribution is 7.12. The predicted octanol–water partition coefficient (Wildman–Crippen LogP) is 2.63. The minimum atomic E-state index is -0.855. The van der Waals surface area contributed by atoms with Gasteiger partial charge < -0.3 is 14.6 Å². The molecule has 1 heterocycles. The number of carbonyl (C=O) groups is 1. The first-order valence-electron chi connectivity index (χ1n) is 6.47. The van der Waals surface area contributed by atoms with Crippen LogP contribution in [0.1, 0.15) is 9.88 Å². The maximum Gasteiger partial charge on any atom is 0.308 e. The van der Waals surface area contributed by atoms with Gasteiger partial charge in [-0.05, 0) is 24.3 Å². The summed E-state index contributed by atoms with van der Waals surface area (Å²) in [4.78, 5) is 16.3. The molecular formula is C15H17NO4S. The Labute approximate surface area is 127 Å². The van der Waals surface area contributed by atoms with Crippen LogP contribution < -0.4 is 4.74 Å². The van der Waals surface area contributed by atoms with E-state index in [1.54, 1.807) is 14.2 Å². The van der Waals surface area contributed by atoms with Crippen LogP contribution >= 0.6 is 11.3 Å². The number of thiazole rings is 1. The molecule has 6 heteroatoms. The minimum Gasteiger partial charge on any atom is -0.497 e. The van der Waals surface area contributed by atoms with Gasteiger partial charge in [0.1, 0.15) is 5.75 Å². The summed E-state index contributed by atoms with van der Waals surface area (Å²) in [6.45, 7) is 0.572. The molecule has 2 aromatic rings. The highest BCUT2D eigenvalue weighted by atomic mass is 32.1. The Morgan fingerprint density at radius 3 is 2.57 bits per heavy atom. The number of hydrogen-bond donors (Lipinski definition) is 1. The molecule has 0 amide bonds. The van der Waals surface area contributed by atoms with Gasteiger partial charge in [0.15, 0.2) is 0 Å². The molecule has 1 aromatic carbocycles. The maximum absolute atomic E-state index is 11.0. The van der Waals surface area contributed by atoms with Gasteiger partial charge in [-0.15, -0.1) is 11.3 Å². The van der Waals surface area contributed by atoms with E-state index in [4.69, 9.17) is 14.6 Å². The molecule has 0 unspecified atom stereocenters. The van der Waals surface area contributed by atoms with Crippen molar-refractivity contribution in [1.82, 2.24) is 4.98 Å². The van der Waals surface area contributed by atoms with Crippen LogP contribution in [0.5, 0.6) is 5.75 Å². The molecule has 0 spiro atoms. The van der Waals surface area contributed by atoms with Crippen molar-refractivity contribution >= 4 is 17.3 Å². The Morgan fingerprint density at radius 1 is 1.29 bits per heavy atom. The van der Waals surface area contributed by atoms with Crippen molar-refractivity contribution in [3.05, 3.63) is 34.2 Å². The normalized spacial score (nSPS) is 10.6. The number of benzene rings is 1. The first kappa shape index (κ1) is 15.5. The number of hydrogen-bond acceptors (Lipinski definition) is 5. The van der Waals surface area contributed by atoms with Gasteiger partial charge >= 0.3 is 5.97 Å². The van der Waals surface area contributed by atoms with Crippen LogP contribution in [-0.4, -0.2) is 36.9 Å².